The number of imide groups is 1. The highest BCUT2D eigenvalue weighted by atomic mass is 32.2. The number of sulfonamides is 1. The predicted octanol–water partition coefficient (Wildman–Crippen LogP) is 2.77. The molecule has 0 bridgehead atoms. The quantitative estimate of drug-likeness (QED) is 0.468. The standard InChI is InChI=1S/C25H32N4O6S/c1-17(2)14-15-35-20-10-6-18(7-11-20)25(3)23(31)29(24(32)27-25)16-22(30)26-19-8-12-21(13-9-19)36(33,34)28(4)5/h6-13,17H,14-16H2,1-5H3,(H,26,30)(H,27,32). The van der Waals surface area contributed by atoms with Crippen molar-refractivity contribution in [2.75, 3.05) is 32.6 Å². The maximum atomic E-state index is 13.1. The lowest BCUT2D eigenvalue weighted by atomic mass is 9.92. The smallest absolute Gasteiger partial charge is 0.325 e. The molecule has 1 aliphatic heterocycles. The fourth-order valence-corrected chi connectivity index (χ4v) is 4.50. The lowest BCUT2D eigenvalue weighted by molar-refractivity contribution is -0.133. The van der Waals surface area contributed by atoms with Crippen LogP contribution in [0.3, 0.4) is 0 Å². The molecule has 4 amide bonds. The van der Waals surface area contributed by atoms with Crippen LogP contribution in [0.5, 0.6) is 5.75 Å². The average Bonchev–Trinajstić information content (AvgIpc) is 3.03. The lowest BCUT2D eigenvalue weighted by Crippen LogP contribution is -2.42. The van der Waals surface area contributed by atoms with Crippen molar-refractivity contribution in [2.45, 2.75) is 37.6 Å². The Morgan fingerprint density at radius 2 is 1.69 bits per heavy atom. The number of nitrogens with one attached hydrogen (secondary N) is 2. The molecule has 11 heteroatoms. The summed E-state index contributed by atoms with van der Waals surface area (Å²) in [5.41, 5.74) is -0.422. The number of anilines is 1. The predicted molar refractivity (Wildman–Crippen MR) is 135 cm³/mol. The third-order valence-electron chi connectivity index (χ3n) is 5.89. The van der Waals surface area contributed by atoms with Crippen molar-refractivity contribution in [1.29, 1.82) is 0 Å². The van der Waals surface area contributed by atoms with Crippen molar-refractivity contribution in [3.05, 3.63) is 54.1 Å². The normalized spacial score (nSPS) is 18.0. The molecule has 10 nitrogen and oxygen atoms in total. The number of benzene rings is 2. The largest absolute Gasteiger partial charge is 0.494 e. The van der Waals surface area contributed by atoms with Gasteiger partial charge in [-0.3, -0.25) is 14.5 Å². The first kappa shape index (κ1) is 27.2. The molecule has 2 aromatic carbocycles. The van der Waals surface area contributed by atoms with Gasteiger partial charge in [0.05, 0.1) is 11.5 Å². The van der Waals surface area contributed by atoms with Gasteiger partial charge in [-0.25, -0.2) is 17.5 Å². The monoisotopic (exact) mass is 516 g/mol. The first-order valence-corrected chi connectivity index (χ1v) is 13.0. The van der Waals surface area contributed by atoms with E-state index in [-0.39, 0.29) is 4.90 Å². The van der Waals surface area contributed by atoms with Crippen LogP contribution >= 0.6 is 0 Å². The maximum Gasteiger partial charge on any atom is 0.325 e. The van der Waals surface area contributed by atoms with E-state index in [9.17, 15) is 22.8 Å². The van der Waals surface area contributed by atoms with Gasteiger partial charge < -0.3 is 15.4 Å². The van der Waals surface area contributed by atoms with Crippen molar-refractivity contribution in [1.82, 2.24) is 14.5 Å². The molecule has 1 atom stereocenters. The Bertz CT molecular complexity index is 1230. The van der Waals surface area contributed by atoms with Gasteiger partial charge in [-0.1, -0.05) is 26.0 Å². The number of amides is 4. The number of carbonyl (C=O) groups excluding carboxylic acids is 3. The van der Waals surface area contributed by atoms with Crippen molar-refractivity contribution in [3.63, 3.8) is 0 Å². The molecule has 0 aliphatic carbocycles. The summed E-state index contributed by atoms with van der Waals surface area (Å²) in [6.07, 6.45) is 0.921. The van der Waals surface area contributed by atoms with E-state index in [4.69, 9.17) is 4.74 Å². The van der Waals surface area contributed by atoms with Crippen LogP contribution in [-0.2, 0) is 25.2 Å². The molecule has 0 radical (unpaired) electrons. The zero-order valence-electron chi connectivity index (χ0n) is 21.1. The fourth-order valence-electron chi connectivity index (χ4n) is 3.60. The Kier molecular flexibility index (Phi) is 8.05. The third-order valence-corrected chi connectivity index (χ3v) is 7.72. The number of urea groups is 1. The minimum Gasteiger partial charge on any atom is -0.494 e. The van der Waals surface area contributed by atoms with Crippen LogP contribution in [0.25, 0.3) is 0 Å². The summed E-state index contributed by atoms with van der Waals surface area (Å²) < 4.78 is 31.2. The van der Waals surface area contributed by atoms with Crippen LogP contribution < -0.4 is 15.4 Å². The van der Waals surface area contributed by atoms with Gasteiger partial charge in [-0.15, -0.1) is 0 Å². The van der Waals surface area contributed by atoms with Gasteiger partial charge in [0.2, 0.25) is 15.9 Å². The molecule has 1 saturated heterocycles. The van der Waals surface area contributed by atoms with Crippen molar-refractivity contribution >= 4 is 33.6 Å². The minimum atomic E-state index is -3.60. The van der Waals surface area contributed by atoms with E-state index in [0.717, 1.165) is 15.6 Å². The number of hydrogen-bond donors (Lipinski definition) is 2. The highest BCUT2D eigenvalue weighted by Gasteiger charge is 2.49. The Balaban J connectivity index is 1.64. The summed E-state index contributed by atoms with van der Waals surface area (Å²) in [4.78, 5) is 39.2. The number of nitrogens with zero attached hydrogens (tertiary/aromatic N) is 2. The zero-order valence-corrected chi connectivity index (χ0v) is 21.9. The maximum absolute atomic E-state index is 13.1. The van der Waals surface area contributed by atoms with E-state index < -0.39 is 40.0 Å². The van der Waals surface area contributed by atoms with E-state index in [1.54, 1.807) is 31.2 Å². The number of hydrogen-bond acceptors (Lipinski definition) is 6. The number of carbonyl (C=O) groups is 3. The van der Waals surface area contributed by atoms with Crippen molar-refractivity contribution in [3.8, 4) is 5.75 Å². The summed E-state index contributed by atoms with van der Waals surface area (Å²) in [5.74, 6) is 0.0418. The van der Waals surface area contributed by atoms with E-state index in [0.29, 0.717) is 29.5 Å². The van der Waals surface area contributed by atoms with Crippen LogP contribution in [0, 0.1) is 5.92 Å². The molecule has 2 N–H and O–H groups in total. The SMILES string of the molecule is CC(C)CCOc1ccc(C2(C)NC(=O)N(CC(=O)Nc3ccc(S(=O)(=O)N(C)C)cc3)C2=O)cc1. The second-order valence-corrected chi connectivity index (χ2v) is 11.5. The molecule has 0 aromatic heterocycles. The van der Waals surface area contributed by atoms with Crippen molar-refractivity contribution in [2.24, 2.45) is 5.92 Å². The molecule has 194 valence electrons. The topological polar surface area (TPSA) is 125 Å². The van der Waals surface area contributed by atoms with E-state index >= 15 is 0 Å². The van der Waals surface area contributed by atoms with Gasteiger partial charge >= 0.3 is 6.03 Å². The molecule has 0 saturated carbocycles. The molecular weight excluding hydrogens is 484 g/mol. The molecule has 36 heavy (non-hydrogen) atoms. The summed E-state index contributed by atoms with van der Waals surface area (Å²) in [7, 11) is -0.752. The fraction of sp³-hybridized carbons (Fsp3) is 0.400. The molecule has 0 spiro atoms. The molecule has 1 unspecified atom stereocenters. The molecule has 1 fully saturated rings. The van der Waals surface area contributed by atoms with E-state index in [2.05, 4.69) is 24.5 Å². The molecule has 3 rings (SSSR count). The lowest BCUT2D eigenvalue weighted by Gasteiger charge is -2.22. The highest BCUT2D eigenvalue weighted by Crippen LogP contribution is 2.30. The Hall–Kier alpha value is -3.44. The Morgan fingerprint density at radius 3 is 2.25 bits per heavy atom. The van der Waals surface area contributed by atoms with E-state index in [1.807, 2.05) is 0 Å². The second-order valence-electron chi connectivity index (χ2n) is 9.36. The van der Waals surface area contributed by atoms with Crippen LogP contribution in [0.4, 0.5) is 10.5 Å². The van der Waals surface area contributed by atoms with Gasteiger partial charge in [0.25, 0.3) is 5.91 Å². The Morgan fingerprint density at radius 1 is 1.08 bits per heavy atom. The summed E-state index contributed by atoms with van der Waals surface area (Å²) >= 11 is 0. The molecular formula is C25H32N4O6S. The second kappa shape index (κ2) is 10.7. The third kappa shape index (κ3) is 5.85. The van der Waals surface area contributed by atoms with Gasteiger partial charge in [-0.2, -0.15) is 0 Å². The van der Waals surface area contributed by atoms with E-state index in [1.165, 1.54) is 38.4 Å². The number of ether oxygens (including phenoxy) is 1. The van der Waals surface area contributed by atoms with Gasteiger partial charge in [0, 0.05) is 19.8 Å². The van der Waals surface area contributed by atoms with Crippen LogP contribution in [0.1, 0.15) is 32.8 Å². The average molecular weight is 517 g/mol. The Labute approximate surface area is 211 Å². The summed E-state index contributed by atoms with van der Waals surface area (Å²) in [6, 6.07) is 11.9. The molecule has 1 aliphatic rings. The first-order chi connectivity index (χ1) is 16.8. The minimum absolute atomic E-state index is 0.0757. The molecule has 1 heterocycles. The highest BCUT2D eigenvalue weighted by molar-refractivity contribution is 7.89. The van der Waals surface area contributed by atoms with Crippen LogP contribution in [-0.4, -0.2) is 62.7 Å². The van der Waals surface area contributed by atoms with Crippen LogP contribution in [0.15, 0.2) is 53.4 Å². The molecule has 2 aromatic rings. The zero-order chi connectivity index (χ0) is 26.7. The van der Waals surface area contributed by atoms with Gasteiger partial charge in [0.1, 0.15) is 17.8 Å². The van der Waals surface area contributed by atoms with Crippen LogP contribution in [0.2, 0.25) is 0 Å². The summed E-state index contributed by atoms with van der Waals surface area (Å²) in [5, 5.41) is 5.26. The van der Waals surface area contributed by atoms with Gasteiger partial charge in [0.15, 0.2) is 0 Å². The first-order valence-electron chi connectivity index (χ1n) is 11.5. The summed E-state index contributed by atoms with van der Waals surface area (Å²) in [6.45, 7) is 5.91. The van der Waals surface area contributed by atoms with Gasteiger partial charge in [-0.05, 0) is 61.2 Å². The van der Waals surface area contributed by atoms with Crippen molar-refractivity contribution < 1.29 is 27.5 Å². The number of rotatable bonds is 10.